The van der Waals surface area contributed by atoms with Crippen molar-refractivity contribution in [2.45, 2.75) is 27.3 Å². The summed E-state index contributed by atoms with van der Waals surface area (Å²) in [4.78, 5) is 16.5. The molecule has 4 nitrogen and oxygen atoms in total. The lowest BCUT2D eigenvalue weighted by atomic mass is 10.1. The van der Waals surface area contributed by atoms with E-state index in [9.17, 15) is 4.79 Å². The van der Waals surface area contributed by atoms with Crippen molar-refractivity contribution in [2.24, 2.45) is 0 Å². The van der Waals surface area contributed by atoms with Crippen LogP contribution in [0.1, 0.15) is 23.6 Å². The zero-order valence-corrected chi connectivity index (χ0v) is 16.0. The van der Waals surface area contributed by atoms with Crippen LogP contribution in [0.2, 0.25) is 0 Å². The average molecular weight is 339 g/mol. The maximum Gasteiger partial charge on any atom is 0.238 e. The maximum absolute atomic E-state index is 12.3. The molecule has 0 radical (unpaired) electrons. The van der Waals surface area contributed by atoms with Crippen molar-refractivity contribution in [3.8, 4) is 0 Å². The van der Waals surface area contributed by atoms with Crippen LogP contribution in [0.5, 0.6) is 0 Å². The fraction of sp³-hybridized carbons (Fsp3) is 0.381. The SMILES string of the molecule is CCN(C)c1ccc(CN(C)CC(=O)Nc2cccc(C)c2C)cc1. The number of anilines is 2. The van der Waals surface area contributed by atoms with Gasteiger partial charge in [0.05, 0.1) is 6.54 Å². The van der Waals surface area contributed by atoms with E-state index < -0.39 is 0 Å². The molecule has 0 aromatic heterocycles. The highest BCUT2D eigenvalue weighted by Crippen LogP contribution is 2.18. The number of rotatable bonds is 7. The largest absolute Gasteiger partial charge is 0.375 e. The zero-order chi connectivity index (χ0) is 18.4. The van der Waals surface area contributed by atoms with Gasteiger partial charge in [-0.25, -0.2) is 0 Å². The van der Waals surface area contributed by atoms with Gasteiger partial charge in [0.15, 0.2) is 0 Å². The lowest BCUT2D eigenvalue weighted by Crippen LogP contribution is -2.30. The standard InChI is InChI=1S/C21H29N3O/c1-6-24(5)19-12-10-18(11-13-19)14-23(4)15-21(25)22-20-9-7-8-16(2)17(20)3/h7-13H,6,14-15H2,1-5H3,(H,22,25). The minimum Gasteiger partial charge on any atom is -0.375 e. The molecule has 2 rings (SSSR count). The molecule has 0 saturated heterocycles. The van der Waals surface area contributed by atoms with Gasteiger partial charge in [-0.1, -0.05) is 24.3 Å². The predicted molar refractivity (Wildman–Crippen MR) is 106 cm³/mol. The highest BCUT2D eigenvalue weighted by molar-refractivity contribution is 5.93. The van der Waals surface area contributed by atoms with Crippen molar-refractivity contribution in [3.05, 3.63) is 59.2 Å². The molecule has 0 atom stereocenters. The lowest BCUT2D eigenvalue weighted by molar-refractivity contribution is -0.117. The van der Waals surface area contributed by atoms with Crippen LogP contribution >= 0.6 is 0 Å². The number of hydrogen-bond acceptors (Lipinski definition) is 3. The molecule has 4 heteroatoms. The second-order valence-electron chi connectivity index (χ2n) is 6.65. The molecule has 0 heterocycles. The summed E-state index contributed by atoms with van der Waals surface area (Å²) in [7, 11) is 4.05. The van der Waals surface area contributed by atoms with Crippen molar-refractivity contribution < 1.29 is 4.79 Å². The first-order valence-corrected chi connectivity index (χ1v) is 8.75. The Morgan fingerprint density at radius 3 is 2.36 bits per heavy atom. The van der Waals surface area contributed by atoms with E-state index in [1.165, 1.54) is 16.8 Å². The highest BCUT2D eigenvalue weighted by atomic mass is 16.2. The van der Waals surface area contributed by atoms with Crippen LogP contribution in [-0.4, -0.2) is 38.0 Å². The Bertz CT molecular complexity index is 710. The van der Waals surface area contributed by atoms with Gasteiger partial charge in [-0.3, -0.25) is 9.69 Å². The van der Waals surface area contributed by atoms with Crippen molar-refractivity contribution in [1.29, 1.82) is 0 Å². The van der Waals surface area contributed by atoms with Crippen molar-refractivity contribution in [1.82, 2.24) is 4.90 Å². The van der Waals surface area contributed by atoms with Crippen molar-refractivity contribution in [2.75, 3.05) is 37.4 Å². The van der Waals surface area contributed by atoms with E-state index in [1.54, 1.807) is 0 Å². The number of carbonyl (C=O) groups is 1. The van der Waals surface area contributed by atoms with E-state index in [0.717, 1.165) is 24.3 Å². The Balaban J connectivity index is 1.90. The number of carbonyl (C=O) groups excluding carboxylic acids is 1. The van der Waals surface area contributed by atoms with E-state index >= 15 is 0 Å². The van der Waals surface area contributed by atoms with Gasteiger partial charge in [-0.05, 0) is 62.7 Å². The normalized spacial score (nSPS) is 10.8. The summed E-state index contributed by atoms with van der Waals surface area (Å²) in [5.41, 5.74) is 5.61. The number of nitrogens with zero attached hydrogens (tertiary/aromatic N) is 2. The highest BCUT2D eigenvalue weighted by Gasteiger charge is 2.10. The van der Waals surface area contributed by atoms with E-state index in [4.69, 9.17) is 0 Å². The Morgan fingerprint density at radius 2 is 1.72 bits per heavy atom. The first kappa shape index (κ1) is 19.0. The van der Waals surface area contributed by atoms with Gasteiger partial charge in [0.2, 0.25) is 5.91 Å². The topological polar surface area (TPSA) is 35.6 Å². The number of benzene rings is 2. The van der Waals surface area contributed by atoms with Crippen molar-refractivity contribution >= 4 is 17.3 Å². The molecular formula is C21H29N3O. The number of hydrogen-bond donors (Lipinski definition) is 1. The van der Waals surface area contributed by atoms with Gasteiger partial charge in [0, 0.05) is 31.5 Å². The summed E-state index contributed by atoms with van der Waals surface area (Å²) in [5, 5.41) is 3.01. The summed E-state index contributed by atoms with van der Waals surface area (Å²) in [5.74, 6) is 0.0125. The minimum atomic E-state index is 0.0125. The fourth-order valence-corrected chi connectivity index (χ4v) is 2.73. The van der Waals surface area contributed by atoms with Gasteiger partial charge < -0.3 is 10.2 Å². The van der Waals surface area contributed by atoms with Gasteiger partial charge in [0.1, 0.15) is 0 Å². The van der Waals surface area contributed by atoms with Gasteiger partial charge in [-0.15, -0.1) is 0 Å². The lowest BCUT2D eigenvalue weighted by Gasteiger charge is -2.19. The van der Waals surface area contributed by atoms with Crippen LogP contribution < -0.4 is 10.2 Å². The summed E-state index contributed by atoms with van der Waals surface area (Å²) >= 11 is 0. The third-order valence-electron chi connectivity index (χ3n) is 4.60. The van der Waals surface area contributed by atoms with Gasteiger partial charge >= 0.3 is 0 Å². The zero-order valence-electron chi connectivity index (χ0n) is 16.0. The molecule has 1 amide bonds. The molecule has 2 aromatic rings. The first-order chi connectivity index (χ1) is 11.9. The number of amides is 1. The van der Waals surface area contributed by atoms with Crippen LogP contribution in [0.25, 0.3) is 0 Å². The second kappa shape index (κ2) is 8.67. The number of aryl methyl sites for hydroxylation is 1. The molecule has 0 spiro atoms. The second-order valence-corrected chi connectivity index (χ2v) is 6.65. The third kappa shape index (κ3) is 5.33. The molecule has 0 bridgehead atoms. The molecule has 2 aromatic carbocycles. The molecule has 0 saturated carbocycles. The third-order valence-corrected chi connectivity index (χ3v) is 4.60. The van der Waals surface area contributed by atoms with Crippen LogP contribution in [0, 0.1) is 13.8 Å². The monoisotopic (exact) mass is 339 g/mol. The fourth-order valence-electron chi connectivity index (χ4n) is 2.73. The summed E-state index contributed by atoms with van der Waals surface area (Å²) in [6.45, 7) is 8.31. The molecule has 25 heavy (non-hydrogen) atoms. The quantitative estimate of drug-likeness (QED) is 0.833. The Morgan fingerprint density at radius 1 is 1.04 bits per heavy atom. The van der Waals surface area contributed by atoms with Crippen LogP contribution in [0.15, 0.2) is 42.5 Å². The van der Waals surface area contributed by atoms with Gasteiger partial charge in [-0.2, -0.15) is 0 Å². The molecule has 1 N–H and O–H groups in total. The molecule has 0 aliphatic carbocycles. The maximum atomic E-state index is 12.3. The molecular weight excluding hydrogens is 310 g/mol. The van der Waals surface area contributed by atoms with E-state index in [1.807, 2.05) is 31.0 Å². The minimum absolute atomic E-state index is 0.0125. The van der Waals surface area contributed by atoms with Gasteiger partial charge in [0.25, 0.3) is 0 Å². The summed E-state index contributed by atoms with van der Waals surface area (Å²) in [6, 6.07) is 14.5. The van der Waals surface area contributed by atoms with Crippen molar-refractivity contribution in [3.63, 3.8) is 0 Å². The number of likely N-dealkylation sites (N-methyl/N-ethyl adjacent to an activating group) is 1. The average Bonchev–Trinajstić information content (AvgIpc) is 2.58. The Hall–Kier alpha value is -2.33. The Labute approximate surface area is 151 Å². The van der Waals surface area contributed by atoms with Crippen LogP contribution in [0.3, 0.4) is 0 Å². The van der Waals surface area contributed by atoms with E-state index in [-0.39, 0.29) is 5.91 Å². The molecule has 0 unspecified atom stereocenters. The van der Waals surface area contributed by atoms with E-state index in [2.05, 4.69) is 61.4 Å². The predicted octanol–water partition coefficient (Wildman–Crippen LogP) is 3.83. The first-order valence-electron chi connectivity index (χ1n) is 8.75. The molecule has 0 aliphatic rings. The molecule has 0 aliphatic heterocycles. The van der Waals surface area contributed by atoms with Crippen LogP contribution in [-0.2, 0) is 11.3 Å². The summed E-state index contributed by atoms with van der Waals surface area (Å²) < 4.78 is 0. The smallest absolute Gasteiger partial charge is 0.238 e. The summed E-state index contributed by atoms with van der Waals surface area (Å²) in [6.07, 6.45) is 0. The molecule has 134 valence electrons. The van der Waals surface area contributed by atoms with Crippen LogP contribution in [0.4, 0.5) is 11.4 Å². The molecule has 0 fully saturated rings. The number of nitrogens with one attached hydrogen (secondary N) is 1. The Kier molecular flexibility index (Phi) is 6.59. The van der Waals surface area contributed by atoms with E-state index in [0.29, 0.717) is 6.54 Å².